The van der Waals surface area contributed by atoms with Crippen LogP contribution in [0, 0.1) is 5.92 Å². The Hall–Kier alpha value is -1.21. The Morgan fingerprint density at radius 1 is 1.29 bits per heavy atom. The van der Waals surface area contributed by atoms with Crippen LogP contribution in [0.5, 0.6) is 0 Å². The predicted molar refractivity (Wildman–Crippen MR) is 72.8 cm³/mol. The maximum Gasteiger partial charge on any atom is 0.223 e. The molecule has 0 aromatic carbocycles. The summed E-state index contributed by atoms with van der Waals surface area (Å²) in [5.41, 5.74) is 8.05. The lowest BCUT2D eigenvalue weighted by Crippen LogP contribution is -2.20. The largest absolute Gasteiger partial charge is 0.370 e. The highest BCUT2D eigenvalue weighted by Gasteiger charge is 2.13. The van der Waals surface area contributed by atoms with Crippen molar-refractivity contribution in [2.45, 2.75) is 12.8 Å². The van der Waals surface area contributed by atoms with Crippen LogP contribution in [0.4, 0.5) is 17.6 Å². The Bertz CT molecular complexity index is 366. The number of nitrogens with two attached hydrogens (primary N) is 2. The summed E-state index contributed by atoms with van der Waals surface area (Å²) in [6, 6.07) is 1.76. The van der Waals surface area contributed by atoms with Gasteiger partial charge in [0.1, 0.15) is 11.6 Å². The predicted octanol–water partition coefficient (Wildman–Crippen LogP) is 0.899. The first-order valence-electron chi connectivity index (χ1n) is 5.70. The van der Waals surface area contributed by atoms with Crippen LogP contribution >= 0.6 is 11.8 Å². The third-order valence-electron chi connectivity index (χ3n) is 2.80. The highest BCUT2D eigenvalue weighted by molar-refractivity contribution is 7.99. The molecule has 2 heterocycles. The molecule has 1 fully saturated rings. The number of rotatable bonds is 4. The van der Waals surface area contributed by atoms with Gasteiger partial charge in [0.05, 0.1) is 0 Å². The van der Waals surface area contributed by atoms with Gasteiger partial charge in [-0.05, 0) is 30.3 Å². The Labute approximate surface area is 105 Å². The van der Waals surface area contributed by atoms with Gasteiger partial charge in [-0.25, -0.2) is 5.84 Å². The molecule has 7 heteroatoms. The number of hydrogen-bond donors (Lipinski definition) is 4. The molecular formula is C10H18N6S. The van der Waals surface area contributed by atoms with Crippen molar-refractivity contribution in [2.75, 3.05) is 34.5 Å². The summed E-state index contributed by atoms with van der Waals surface area (Å²) >= 11 is 2.03. The molecule has 2 rings (SSSR count). The Morgan fingerprint density at radius 3 is 2.71 bits per heavy atom. The second kappa shape index (κ2) is 5.92. The molecule has 6 N–H and O–H groups in total. The number of nitrogens with one attached hydrogen (secondary N) is 2. The first-order valence-corrected chi connectivity index (χ1v) is 6.86. The van der Waals surface area contributed by atoms with E-state index in [9.17, 15) is 0 Å². The Kier molecular flexibility index (Phi) is 4.27. The molecular weight excluding hydrogens is 236 g/mol. The van der Waals surface area contributed by atoms with Crippen LogP contribution < -0.4 is 22.3 Å². The van der Waals surface area contributed by atoms with E-state index in [0.717, 1.165) is 18.3 Å². The summed E-state index contributed by atoms with van der Waals surface area (Å²) in [4.78, 5) is 8.06. The summed E-state index contributed by atoms with van der Waals surface area (Å²) in [6.45, 7) is 0.932. The molecule has 1 aromatic rings. The first-order chi connectivity index (χ1) is 8.28. The van der Waals surface area contributed by atoms with Crippen molar-refractivity contribution in [1.29, 1.82) is 0 Å². The summed E-state index contributed by atoms with van der Waals surface area (Å²) in [7, 11) is 0. The van der Waals surface area contributed by atoms with Crippen LogP contribution in [0.2, 0.25) is 0 Å². The molecule has 0 aliphatic carbocycles. The van der Waals surface area contributed by atoms with Gasteiger partial charge in [0, 0.05) is 12.6 Å². The summed E-state index contributed by atoms with van der Waals surface area (Å²) < 4.78 is 0. The number of hydrogen-bond acceptors (Lipinski definition) is 7. The quantitative estimate of drug-likeness (QED) is 0.467. The highest BCUT2D eigenvalue weighted by Crippen LogP contribution is 2.23. The summed E-state index contributed by atoms with van der Waals surface area (Å²) in [5.74, 6) is 10.0. The number of anilines is 3. The lowest BCUT2D eigenvalue weighted by molar-refractivity contribution is 0.515. The van der Waals surface area contributed by atoms with E-state index in [0.29, 0.717) is 5.82 Å². The van der Waals surface area contributed by atoms with Crippen LogP contribution in [0.1, 0.15) is 12.8 Å². The van der Waals surface area contributed by atoms with Crippen LogP contribution in [0.25, 0.3) is 0 Å². The van der Waals surface area contributed by atoms with E-state index in [1.807, 2.05) is 11.8 Å². The van der Waals surface area contributed by atoms with E-state index in [4.69, 9.17) is 11.6 Å². The zero-order valence-electron chi connectivity index (χ0n) is 9.65. The van der Waals surface area contributed by atoms with E-state index >= 15 is 0 Å². The van der Waals surface area contributed by atoms with Crippen molar-refractivity contribution in [2.24, 2.45) is 11.8 Å². The molecule has 0 unspecified atom stereocenters. The zero-order chi connectivity index (χ0) is 12.1. The monoisotopic (exact) mass is 254 g/mol. The molecule has 6 nitrogen and oxygen atoms in total. The fraction of sp³-hybridized carbons (Fsp3) is 0.600. The molecule has 17 heavy (non-hydrogen) atoms. The van der Waals surface area contributed by atoms with Crippen molar-refractivity contribution in [3.8, 4) is 0 Å². The Morgan fingerprint density at radius 2 is 2.00 bits per heavy atom. The smallest absolute Gasteiger partial charge is 0.223 e. The van der Waals surface area contributed by atoms with Crippen molar-refractivity contribution in [1.82, 2.24) is 9.97 Å². The number of aromatic nitrogens is 2. The maximum absolute atomic E-state index is 5.58. The van der Waals surface area contributed by atoms with Crippen LogP contribution in [-0.2, 0) is 0 Å². The van der Waals surface area contributed by atoms with Gasteiger partial charge in [0.2, 0.25) is 5.95 Å². The van der Waals surface area contributed by atoms with E-state index in [2.05, 4.69) is 20.7 Å². The molecule has 0 saturated carbocycles. The van der Waals surface area contributed by atoms with Gasteiger partial charge in [0.15, 0.2) is 0 Å². The van der Waals surface area contributed by atoms with Gasteiger partial charge in [-0.2, -0.15) is 21.7 Å². The third kappa shape index (κ3) is 3.64. The number of nitrogen functional groups attached to an aromatic ring is 2. The van der Waals surface area contributed by atoms with E-state index < -0.39 is 0 Å². The molecule has 1 saturated heterocycles. The first kappa shape index (κ1) is 12.3. The van der Waals surface area contributed by atoms with E-state index in [-0.39, 0.29) is 5.95 Å². The lowest BCUT2D eigenvalue weighted by atomic mass is 10.0. The van der Waals surface area contributed by atoms with Gasteiger partial charge < -0.3 is 16.5 Å². The van der Waals surface area contributed by atoms with Gasteiger partial charge in [-0.3, -0.25) is 0 Å². The summed E-state index contributed by atoms with van der Waals surface area (Å²) in [5, 5.41) is 3.29. The number of thioether (sulfide) groups is 1. The average Bonchev–Trinajstić information content (AvgIpc) is 2.37. The zero-order valence-corrected chi connectivity index (χ0v) is 10.5. The number of hydrazine groups is 1. The van der Waals surface area contributed by atoms with Gasteiger partial charge in [-0.15, -0.1) is 0 Å². The SMILES string of the molecule is NNc1cc(NCC2CCSCC2)nc(N)n1. The minimum absolute atomic E-state index is 0.224. The number of nitrogens with zero attached hydrogens (tertiary/aromatic N) is 2. The molecule has 1 aliphatic rings. The van der Waals surface area contributed by atoms with Crippen LogP contribution in [0.15, 0.2) is 6.07 Å². The van der Waals surface area contributed by atoms with Gasteiger partial charge in [0.25, 0.3) is 0 Å². The molecule has 0 atom stereocenters. The van der Waals surface area contributed by atoms with Crippen molar-refractivity contribution in [3.05, 3.63) is 6.07 Å². The normalized spacial score (nSPS) is 16.8. The molecule has 1 aromatic heterocycles. The minimum Gasteiger partial charge on any atom is -0.370 e. The molecule has 0 radical (unpaired) electrons. The molecule has 1 aliphatic heterocycles. The second-order valence-corrected chi connectivity index (χ2v) is 5.30. The highest BCUT2D eigenvalue weighted by atomic mass is 32.2. The Balaban J connectivity index is 1.91. The third-order valence-corrected chi connectivity index (χ3v) is 3.85. The minimum atomic E-state index is 0.224. The fourth-order valence-electron chi connectivity index (χ4n) is 1.83. The average molecular weight is 254 g/mol. The van der Waals surface area contributed by atoms with Gasteiger partial charge >= 0.3 is 0 Å². The lowest BCUT2D eigenvalue weighted by Gasteiger charge is -2.21. The molecule has 0 spiro atoms. The van der Waals surface area contributed by atoms with Crippen LogP contribution in [-0.4, -0.2) is 28.0 Å². The van der Waals surface area contributed by atoms with Gasteiger partial charge in [-0.1, -0.05) is 0 Å². The molecule has 0 bridgehead atoms. The van der Waals surface area contributed by atoms with E-state index in [1.54, 1.807) is 6.07 Å². The van der Waals surface area contributed by atoms with Crippen molar-refractivity contribution < 1.29 is 0 Å². The molecule has 0 amide bonds. The topological polar surface area (TPSA) is 102 Å². The van der Waals surface area contributed by atoms with Crippen molar-refractivity contribution >= 4 is 29.3 Å². The standard InChI is InChI=1S/C10H18N6S/c11-10-14-8(5-9(15-10)16-12)13-6-7-1-3-17-4-2-7/h5,7H,1-4,6,12H2,(H4,11,13,14,15,16). The molecule has 94 valence electrons. The van der Waals surface area contributed by atoms with E-state index in [1.165, 1.54) is 24.3 Å². The van der Waals surface area contributed by atoms with Crippen molar-refractivity contribution in [3.63, 3.8) is 0 Å². The second-order valence-electron chi connectivity index (χ2n) is 4.08. The maximum atomic E-state index is 5.58. The summed E-state index contributed by atoms with van der Waals surface area (Å²) in [6.07, 6.45) is 2.53. The van der Waals surface area contributed by atoms with Crippen LogP contribution in [0.3, 0.4) is 0 Å². The fourth-order valence-corrected chi connectivity index (χ4v) is 3.03.